The van der Waals surface area contributed by atoms with Crippen LogP contribution >= 0.6 is 11.3 Å². The predicted molar refractivity (Wildman–Crippen MR) is 64.1 cm³/mol. The molecule has 0 radical (unpaired) electrons. The minimum atomic E-state index is 0.411. The highest BCUT2D eigenvalue weighted by Gasteiger charge is 2.27. The molecule has 1 heterocycles. The van der Waals surface area contributed by atoms with Crippen molar-refractivity contribution in [2.45, 2.75) is 51.7 Å². The summed E-state index contributed by atoms with van der Waals surface area (Å²) < 4.78 is 0. The van der Waals surface area contributed by atoms with Gasteiger partial charge in [0.05, 0.1) is 10.7 Å². The lowest BCUT2D eigenvalue weighted by Gasteiger charge is -2.35. The predicted octanol–water partition coefficient (Wildman–Crippen LogP) is 1.90. The molecular weight excluding hydrogens is 206 g/mol. The van der Waals surface area contributed by atoms with Gasteiger partial charge in [-0.1, -0.05) is 0 Å². The molecule has 1 aliphatic carbocycles. The van der Waals surface area contributed by atoms with Crippen molar-refractivity contribution in [3.63, 3.8) is 0 Å². The SMILES string of the molecule is Cc1nc(C)c(C(C)NC2CC(N)C2)s1. The van der Waals surface area contributed by atoms with Crippen LogP contribution in [-0.4, -0.2) is 17.1 Å². The fourth-order valence-corrected chi connectivity index (χ4v) is 3.11. The highest BCUT2D eigenvalue weighted by Crippen LogP contribution is 2.27. The van der Waals surface area contributed by atoms with Crippen molar-refractivity contribution in [1.29, 1.82) is 0 Å². The maximum atomic E-state index is 5.77. The number of nitrogens with two attached hydrogens (primary N) is 1. The molecule has 3 nitrogen and oxygen atoms in total. The number of hydrogen-bond acceptors (Lipinski definition) is 4. The van der Waals surface area contributed by atoms with E-state index in [1.807, 2.05) is 0 Å². The number of nitrogens with zero attached hydrogens (tertiary/aromatic N) is 1. The Balaban J connectivity index is 1.95. The molecule has 2 rings (SSSR count). The van der Waals surface area contributed by atoms with Gasteiger partial charge < -0.3 is 11.1 Å². The van der Waals surface area contributed by atoms with E-state index in [4.69, 9.17) is 5.73 Å². The van der Waals surface area contributed by atoms with Crippen molar-refractivity contribution < 1.29 is 0 Å². The van der Waals surface area contributed by atoms with E-state index in [1.54, 1.807) is 11.3 Å². The molecule has 0 amide bonds. The zero-order valence-electron chi connectivity index (χ0n) is 9.58. The van der Waals surface area contributed by atoms with Gasteiger partial charge in [-0.3, -0.25) is 0 Å². The summed E-state index contributed by atoms with van der Waals surface area (Å²) in [7, 11) is 0. The van der Waals surface area contributed by atoms with Crippen LogP contribution in [0, 0.1) is 13.8 Å². The molecule has 0 aliphatic heterocycles. The van der Waals surface area contributed by atoms with Crippen LogP contribution in [0.15, 0.2) is 0 Å². The van der Waals surface area contributed by atoms with Crippen LogP contribution in [0.3, 0.4) is 0 Å². The van der Waals surface area contributed by atoms with Crippen LogP contribution in [-0.2, 0) is 0 Å². The average Bonchev–Trinajstić information content (AvgIpc) is 2.42. The summed E-state index contributed by atoms with van der Waals surface area (Å²) in [4.78, 5) is 5.82. The normalized spacial score (nSPS) is 27.5. The van der Waals surface area contributed by atoms with Crippen molar-refractivity contribution in [3.05, 3.63) is 15.6 Å². The van der Waals surface area contributed by atoms with Crippen molar-refractivity contribution in [1.82, 2.24) is 10.3 Å². The highest BCUT2D eigenvalue weighted by molar-refractivity contribution is 7.11. The molecule has 1 saturated carbocycles. The first-order valence-electron chi connectivity index (χ1n) is 5.52. The number of hydrogen-bond donors (Lipinski definition) is 2. The highest BCUT2D eigenvalue weighted by atomic mass is 32.1. The number of nitrogens with one attached hydrogen (secondary N) is 1. The Kier molecular flexibility index (Phi) is 3.09. The lowest BCUT2D eigenvalue weighted by molar-refractivity contribution is 0.273. The first kappa shape index (κ1) is 11.0. The van der Waals surface area contributed by atoms with Gasteiger partial charge in [0.15, 0.2) is 0 Å². The molecule has 0 bridgehead atoms. The smallest absolute Gasteiger partial charge is 0.0900 e. The van der Waals surface area contributed by atoms with E-state index in [2.05, 4.69) is 31.1 Å². The van der Waals surface area contributed by atoms with E-state index in [9.17, 15) is 0 Å². The Morgan fingerprint density at radius 2 is 2.13 bits per heavy atom. The third kappa shape index (κ3) is 2.38. The quantitative estimate of drug-likeness (QED) is 0.826. The van der Waals surface area contributed by atoms with E-state index in [-0.39, 0.29) is 0 Å². The molecule has 1 atom stereocenters. The van der Waals surface area contributed by atoms with Crippen LogP contribution in [0.1, 0.15) is 41.4 Å². The Bertz CT molecular complexity index is 342. The summed E-state index contributed by atoms with van der Waals surface area (Å²) >= 11 is 1.79. The van der Waals surface area contributed by atoms with Gasteiger partial charge in [-0.2, -0.15) is 0 Å². The number of rotatable bonds is 3. The molecule has 0 spiro atoms. The second-order valence-corrected chi connectivity index (χ2v) is 5.73. The van der Waals surface area contributed by atoms with Crippen LogP contribution in [0.5, 0.6) is 0 Å². The fourth-order valence-electron chi connectivity index (χ4n) is 2.18. The first-order valence-corrected chi connectivity index (χ1v) is 6.33. The monoisotopic (exact) mass is 225 g/mol. The minimum Gasteiger partial charge on any atom is -0.328 e. The summed E-state index contributed by atoms with van der Waals surface area (Å²) in [6.07, 6.45) is 2.22. The second kappa shape index (κ2) is 4.20. The molecular formula is C11H19N3S. The van der Waals surface area contributed by atoms with Gasteiger partial charge in [-0.25, -0.2) is 4.98 Å². The molecule has 1 aliphatic rings. The van der Waals surface area contributed by atoms with Gasteiger partial charge in [0, 0.05) is 23.0 Å². The number of aromatic nitrogens is 1. The standard InChI is InChI=1S/C11H19N3S/c1-6-11(15-8(3)13-6)7(2)14-10-4-9(12)5-10/h7,9-10,14H,4-5,12H2,1-3H3. The van der Waals surface area contributed by atoms with Gasteiger partial charge >= 0.3 is 0 Å². The average molecular weight is 225 g/mol. The fraction of sp³-hybridized carbons (Fsp3) is 0.727. The maximum absolute atomic E-state index is 5.77. The Labute approximate surface area is 95.1 Å². The summed E-state index contributed by atoms with van der Waals surface area (Å²) in [5, 5.41) is 4.76. The van der Waals surface area contributed by atoms with E-state index in [0.29, 0.717) is 18.1 Å². The molecule has 1 aromatic rings. The molecule has 84 valence electrons. The van der Waals surface area contributed by atoms with Gasteiger partial charge in [0.1, 0.15) is 0 Å². The van der Waals surface area contributed by atoms with Crippen molar-refractivity contribution in [2.24, 2.45) is 5.73 Å². The van der Waals surface area contributed by atoms with Gasteiger partial charge in [0.25, 0.3) is 0 Å². The van der Waals surface area contributed by atoms with Crippen LogP contribution in [0.25, 0.3) is 0 Å². The van der Waals surface area contributed by atoms with Crippen molar-refractivity contribution in [3.8, 4) is 0 Å². The largest absolute Gasteiger partial charge is 0.328 e. The van der Waals surface area contributed by atoms with E-state index in [0.717, 1.165) is 17.8 Å². The van der Waals surface area contributed by atoms with Crippen molar-refractivity contribution >= 4 is 11.3 Å². The summed E-state index contributed by atoms with van der Waals surface area (Å²) in [6, 6.07) is 1.43. The van der Waals surface area contributed by atoms with E-state index >= 15 is 0 Å². The van der Waals surface area contributed by atoms with E-state index < -0.39 is 0 Å². The van der Waals surface area contributed by atoms with Crippen LogP contribution in [0.2, 0.25) is 0 Å². The molecule has 1 fully saturated rings. The minimum absolute atomic E-state index is 0.411. The molecule has 3 N–H and O–H groups in total. The first-order chi connectivity index (χ1) is 7.06. The molecule has 4 heteroatoms. The van der Waals surface area contributed by atoms with Gasteiger partial charge in [-0.05, 0) is 33.6 Å². The topological polar surface area (TPSA) is 50.9 Å². The van der Waals surface area contributed by atoms with Crippen LogP contribution < -0.4 is 11.1 Å². The summed E-state index contributed by atoms with van der Waals surface area (Å²) in [5.74, 6) is 0. The number of thiazole rings is 1. The zero-order valence-corrected chi connectivity index (χ0v) is 10.4. The van der Waals surface area contributed by atoms with Gasteiger partial charge in [0.2, 0.25) is 0 Å². The molecule has 0 aromatic carbocycles. The van der Waals surface area contributed by atoms with Gasteiger partial charge in [-0.15, -0.1) is 11.3 Å². The Hall–Kier alpha value is -0.450. The summed E-state index contributed by atoms with van der Waals surface area (Å²) in [6.45, 7) is 6.36. The number of aryl methyl sites for hydroxylation is 2. The van der Waals surface area contributed by atoms with Crippen molar-refractivity contribution in [2.75, 3.05) is 0 Å². The molecule has 1 unspecified atom stereocenters. The summed E-state index contributed by atoms with van der Waals surface area (Å²) in [5.41, 5.74) is 6.94. The molecule has 15 heavy (non-hydrogen) atoms. The lowest BCUT2D eigenvalue weighted by Crippen LogP contribution is -2.48. The lowest BCUT2D eigenvalue weighted by atomic mass is 9.87. The third-order valence-electron chi connectivity index (χ3n) is 2.99. The Morgan fingerprint density at radius 1 is 1.47 bits per heavy atom. The van der Waals surface area contributed by atoms with Crippen LogP contribution in [0.4, 0.5) is 0 Å². The molecule has 0 saturated heterocycles. The zero-order chi connectivity index (χ0) is 11.0. The third-order valence-corrected chi connectivity index (χ3v) is 4.25. The van der Waals surface area contributed by atoms with E-state index in [1.165, 1.54) is 10.6 Å². The Morgan fingerprint density at radius 3 is 2.60 bits per heavy atom. The maximum Gasteiger partial charge on any atom is 0.0900 e. The second-order valence-electron chi connectivity index (χ2n) is 4.50. The molecule has 1 aromatic heterocycles.